The first-order chi connectivity index (χ1) is 14.8. The molecule has 0 N–H and O–H groups in total. The quantitative estimate of drug-likeness (QED) is 0.471. The molecule has 0 unspecified atom stereocenters. The van der Waals surface area contributed by atoms with Gasteiger partial charge in [0.1, 0.15) is 5.65 Å². The minimum atomic E-state index is -0.121. The van der Waals surface area contributed by atoms with Crippen LogP contribution in [0, 0.1) is 0 Å². The van der Waals surface area contributed by atoms with Crippen molar-refractivity contribution in [3.63, 3.8) is 0 Å². The smallest absolute Gasteiger partial charge is 0.251 e. The van der Waals surface area contributed by atoms with E-state index in [9.17, 15) is 4.79 Å². The summed E-state index contributed by atoms with van der Waals surface area (Å²) in [5.41, 5.74) is 3.47. The summed E-state index contributed by atoms with van der Waals surface area (Å²) in [5, 5.41) is 0. The summed E-state index contributed by atoms with van der Waals surface area (Å²) in [6.45, 7) is 0.627. The maximum atomic E-state index is 13.2. The van der Waals surface area contributed by atoms with Gasteiger partial charge in [-0.15, -0.1) is 0 Å². The highest BCUT2D eigenvalue weighted by Gasteiger charge is 2.17. The van der Waals surface area contributed by atoms with Gasteiger partial charge in [0.25, 0.3) is 5.91 Å². The highest BCUT2D eigenvalue weighted by Crippen LogP contribution is 2.32. The maximum absolute atomic E-state index is 13.2. The molecular formula is C24H19N3O3. The van der Waals surface area contributed by atoms with Crippen LogP contribution in [0.5, 0.6) is 11.5 Å². The zero-order valence-corrected chi connectivity index (χ0v) is 16.1. The van der Waals surface area contributed by atoms with Crippen LogP contribution in [0.4, 0.5) is 5.69 Å². The molecule has 3 heterocycles. The van der Waals surface area contributed by atoms with Gasteiger partial charge in [0.2, 0.25) is 6.79 Å². The summed E-state index contributed by atoms with van der Waals surface area (Å²) in [6.07, 6.45) is 7.12. The van der Waals surface area contributed by atoms with E-state index >= 15 is 0 Å². The molecule has 0 aliphatic carbocycles. The number of anilines is 1. The van der Waals surface area contributed by atoms with Gasteiger partial charge in [0.15, 0.2) is 11.5 Å². The second-order valence-electron chi connectivity index (χ2n) is 6.88. The van der Waals surface area contributed by atoms with Crippen molar-refractivity contribution in [2.75, 3.05) is 11.7 Å². The van der Waals surface area contributed by atoms with Crippen LogP contribution in [0.1, 0.15) is 11.3 Å². The number of imidazole rings is 1. The van der Waals surface area contributed by atoms with Crippen molar-refractivity contribution in [3.8, 4) is 11.5 Å². The number of benzene rings is 2. The fourth-order valence-corrected chi connectivity index (χ4v) is 3.44. The average Bonchev–Trinajstić information content (AvgIpc) is 3.43. The molecule has 6 heteroatoms. The number of carbonyl (C=O) groups is 1. The molecule has 2 aromatic heterocycles. The molecule has 0 atom stereocenters. The minimum Gasteiger partial charge on any atom is -0.454 e. The lowest BCUT2D eigenvalue weighted by Crippen LogP contribution is -2.29. The predicted octanol–water partition coefficient (Wildman–Crippen LogP) is 4.31. The lowest BCUT2D eigenvalue weighted by Gasteiger charge is -2.21. The molecule has 4 aromatic rings. The Morgan fingerprint density at radius 2 is 1.87 bits per heavy atom. The van der Waals surface area contributed by atoms with Crippen molar-refractivity contribution in [3.05, 3.63) is 96.5 Å². The molecule has 1 aliphatic rings. The molecular weight excluding hydrogens is 378 g/mol. The van der Waals surface area contributed by atoms with Crippen LogP contribution in [0.3, 0.4) is 0 Å². The number of nitrogens with zero attached hydrogens (tertiary/aromatic N) is 3. The van der Waals surface area contributed by atoms with E-state index in [-0.39, 0.29) is 12.7 Å². The van der Waals surface area contributed by atoms with Crippen LogP contribution in [0.15, 0.2) is 85.2 Å². The number of para-hydroxylation sites is 1. The first-order valence-corrected chi connectivity index (χ1v) is 9.63. The summed E-state index contributed by atoms with van der Waals surface area (Å²) in [6, 6.07) is 21.1. The molecule has 0 spiro atoms. The van der Waals surface area contributed by atoms with Gasteiger partial charge in [-0.25, -0.2) is 4.98 Å². The number of rotatable bonds is 5. The van der Waals surface area contributed by atoms with Crippen LogP contribution in [-0.4, -0.2) is 22.1 Å². The summed E-state index contributed by atoms with van der Waals surface area (Å²) in [5.74, 6) is 1.29. The van der Waals surface area contributed by atoms with Crippen molar-refractivity contribution < 1.29 is 14.3 Å². The van der Waals surface area contributed by atoms with E-state index in [4.69, 9.17) is 9.47 Å². The summed E-state index contributed by atoms with van der Waals surface area (Å²) in [4.78, 5) is 19.3. The summed E-state index contributed by atoms with van der Waals surface area (Å²) in [7, 11) is 0. The van der Waals surface area contributed by atoms with E-state index in [1.807, 2.05) is 77.3 Å². The van der Waals surface area contributed by atoms with Crippen LogP contribution in [0.25, 0.3) is 11.7 Å². The first kappa shape index (κ1) is 18.0. The number of pyridine rings is 1. The summed E-state index contributed by atoms with van der Waals surface area (Å²) < 4.78 is 12.7. The molecule has 0 saturated heterocycles. The third-order valence-corrected chi connectivity index (χ3v) is 4.96. The number of amides is 1. The molecule has 2 aromatic carbocycles. The molecule has 5 rings (SSSR count). The van der Waals surface area contributed by atoms with E-state index in [1.165, 1.54) is 0 Å². The van der Waals surface area contributed by atoms with Gasteiger partial charge in [0.05, 0.1) is 18.4 Å². The fraction of sp³-hybridized carbons (Fsp3) is 0.0833. The molecule has 0 saturated carbocycles. The molecule has 1 amide bonds. The molecule has 30 heavy (non-hydrogen) atoms. The molecule has 0 radical (unpaired) electrons. The number of hydrogen-bond acceptors (Lipinski definition) is 4. The van der Waals surface area contributed by atoms with Gasteiger partial charge in [0, 0.05) is 18.0 Å². The van der Waals surface area contributed by atoms with Crippen LogP contribution in [-0.2, 0) is 11.3 Å². The van der Waals surface area contributed by atoms with E-state index in [1.54, 1.807) is 23.2 Å². The zero-order chi connectivity index (χ0) is 20.3. The Kier molecular flexibility index (Phi) is 4.65. The van der Waals surface area contributed by atoms with Gasteiger partial charge in [-0.2, -0.15) is 0 Å². The Balaban J connectivity index is 1.43. The number of hydrogen-bond donors (Lipinski definition) is 0. The monoisotopic (exact) mass is 397 g/mol. The highest BCUT2D eigenvalue weighted by molar-refractivity contribution is 6.03. The first-order valence-electron chi connectivity index (χ1n) is 9.63. The number of ether oxygens (including phenoxy) is 2. The van der Waals surface area contributed by atoms with Crippen molar-refractivity contribution in [1.82, 2.24) is 9.38 Å². The van der Waals surface area contributed by atoms with Gasteiger partial charge >= 0.3 is 0 Å². The third kappa shape index (κ3) is 3.51. The van der Waals surface area contributed by atoms with Gasteiger partial charge < -0.3 is 18.8 Å². The van der Waals surface area contributed by atoms with Gasteiger partial charge in [-0.1, -0.05) is 30.3 Å². The average molecular weight is 397 g/mol. The van der Waals surface area contributed by atoms with Crippen LogP contribution < -0.4 is 14.4 Å². The standard InChI is InChI=1S/C24H19N3O3/c28-24(12-10-18-9-11-21-22(14-18)30-17-29-21)27(19-6-2-1-3-7-19)16-20-15-25-23-8-4-5-13-26(20)23/h1-15H,16-17H2. The maximum Gasteiger partial charge on any atom is 0.251 e. The van der Waals surface area contributed by atoms with E-state index in [0.29, 0.717) is 12.3 Å². The lowest BCUT2D eigenvalue weighted by molar-refractivity contribution is -0.114. The second-order valence-corrected chi connectivity index (χ2v) is 6.88. The van der Waals surface area contributed by atoms with Crippen molar-refractivity contribution in [1.29, 1.82) is 0 Å². The van der Waals surface area contributed by atoms with E-state index in [2.05, 4.69) is 4.98 Å². The molecule has 148 valence electrons. The largest absolute Gasteiger partial charge is 0.454 e. The van der Waals surface area contributed by atoms with E-state index in [0.717, 1.165) is 28.3 Å². The Bertz CT molecular complexity index is 1230. The minimum absolute atomic E-state index is 0.121. The Morgan fingerprint density at radius 1 is 1.03 bits per heavy atom. The SMILES string of the molecule is O=C(C=Cc1ccc2c(c1)OCO2)N(Cc1cnc2ccccn12)c1ccccc1. The van der Waals surface area contributed by atoms with Crippen LogP contribution >= 0.6 is 0 Å². The lowest BCUT2D eigenvalue weighted by atomic mass is 10.2. The fourth-order valence-electron chi connectivity index (χ4n) is 3.44. The second kappa shape index (κ2) is 7.75. The number of carbonyl (C=O) groups excluding carboxylic acids is 1. The van der Waals surface area contributed by atoms with Crippen molar-refractivity contribution >= 4 is 23.3 Å². The molecule has 0 fully saturated rings. The number of aromatic nitrogens is 2. The Hall–Kier alpha value is -4.06. The number of fused-ring (bicyclic) bond motifs is 2. The normalized spacial score (nSPS) is 12.5. The highest BCUT2D eigenvalue weighted by atomic mass is 16.7. The van der Waals surface area contributed by atoms with E-state index < -0.39 is 0 Å². The van der Waals surface area contributed by atoms with Gasteiger partial charge in [-0.3, -0.25) is 4.79 Å². The van der Waals surface area contributed by atoms with Gasteiger partial charge in [-0.05, 0) is 48.0 Å². The third-order valence-electron chi connectivity index (χ3n) is 4.96. The molecule has 6 nitrogen and oxygen atoms in total. The van der Waals surface area contributed by atoms with Crippen molar-refractivity contribution in [2.45, 2.75) is 6.54 Å². The Morgan fingerprint density at radius 3 is 2.77 bits per heavy atom. The molecule has 1 aliphatic heterocycles. The topological polar surface area (TPSA) is 56.1 Å². The zero-order valence-electron chi connectivity index (χ0n) is 16.1. The van der Waals surface area contributed by atoms with Crippen LogP contribution in [0.2, 0.25) is 0 Å². The predicted molar refractivity (Wildman–Crippen MR) is 114 cm³/mol. The van der Waals surface area contributed by atoms with Crippen molar-refractivity contribution in [2.24, 2.45) is 0 Å². The summed E-state index contributed by atoms with van der Waals surface area (Å²) >= 11 is 0. The Labute approximate surface area is 173 Å². The molecule has 0 bridgehead atoms.